The summed E-state index contributed by atoms with van der Waals surface area (Å²) in [5.74, 6) is -0.942. The number of nitrogens with two attached hydrogens (primary N) is 1. The van der Waals surface area contributed by atoms with E-state index in [1.165, 1.54) is 12.1 Å². The molecule has 1 amide bonds. The minimum absolute atomic E-state index is 0.0279. The summed E-state index contributed by atoms with van der Waals surface area (Å²) in [4.78, 5) is 24.2. The summed E-state index contributed by atoms with van der Waals surface area (Å²) < 4.78 is 0. The van der Waals surface area contributed by atoms with E-state index in [0.717, 1.165) is 19.3 Å². The first-order valence-electron chi connectivity index (χ1n) is 6.36. The van der Waals surface area contributed by atoms with Crippen LogP contribution in [-0.4, -0.2) is 30.6 Å². The van der Waals surface area contributed by atoms with E-state index in [1.54, 1.807) is 24.1 Å². The number of benzene rings is 1. The molecular formula is C14H20N2O3. The smallest absolute Gasteiger partial charge is 0.335 e. The highest BCUT2D eigenvalue weighted by Crippen LogP contribution is 2.15. The zero-order chi connectivity index (χ0) is 14.3. The maximum Gasteiger partial charge on any atom is 0.335 e. The number of carboxylic acids is 1. The highest BCUT2D eigenvalue weighted by atomic mass is 16.4. The van der Waals surface area contributed by atoms with Gasteiger partial charge in [0.05, 0.1) is 5.56 Å². The maximum atomic E-state index is 11.9. The van der Waals surface area contributed by atoms with E-state index < -0.39 is 5.97 Å². The summed E-state index contributed by atoms with van der Waals surface area (Å²) in [6.45, 7) is 0.653. The molecule has 0 radical (unpaired) electrons. The molecule has 0 heterocycles. The summed E-state index contributed by atoms with van der Waals surface area (Å²) in [5.41, 5.74) is 6.31. The van der Waals surface area contributed by atoms with E-state index in [9.17, 15) is 9.59 Å². The van der Waals surface area contributed by atoms with Gasteiger partial charge in [0.15, 0.2) is 0 Å². The largest absolute Gasteiger partial charge is 0.478 e. The van der Waals surface area contributed by atoms with Gasteiger partial charge >= 0.3 is 5.97 Å². The van der Waals surface area contributed by atoms with Gasteiger partial charge in [-0.25, -0.2) is 4.79 Å². The van der Waals surface area contributed by atoms with Crippen molar-refractivity contribution in [3.63, 3.8) is 0 Å². The first-order valence-corrected chi connectivity index (χ1v) is 6.36. The van der Waals surface area contributed by atoms with Gasteiger partial charge in [-0.15, -0.1) is 0 Å². The number of carboxylic acid groups (broad SMARTS) is 1. The fraction of sp³-hybridized carbons (Fsp3) is 0.429. The fourth-order valence-corrected chi connectivity index (χ4v) is 1.74. The van der Waals surface area contributed by atoms with Crippen LogP contribution in [0.5, 0.6) is 0 Å². The average molecular weight is 264 g/mol. The van der Waals surface area contributed by atoms with Crippen LogP contribution in [0, 0.1) is 0 Å². The highest BCUT2D eigenvalue weighted by molar-refractivity contribution is 5.94. The van der Waals surface area contributed by atoms with Crippen molar-refractivity contribution in [3.8, 4) is 0 Å². The van der Waals surface area contributed by atoms with Crippen LogP contribution in [0.1, 0.15) is 36.0 Å². The molecule has 0 aliphatic rings. The number of nitrogens with zero attached hydrogens (tertiary/aromatic N) is 1. The molecule has 3 N–H and O–H groups in total. The van der Waals surface area contributed by atoms with Crippen molar-refractivity contribution in [2.75, 3.05) is 18.5 Å². The summed E-state index contributed by atoms with van der Waals surface area (Å²) in [6, 6.07) is 6.27. The number of hydrogen-bond acceptors (Lipinski definition) is 3. The molecule has 5 nitrogen and oxygen atoms in total. The van der Waals surface area contributed by atoms with Crippen molar-refractivity contribution in [1.82, 2.24) is 0 Å². The van der Waals surface area contributed by atoms with Gasteiger partial charge in [0.25, 0.3) is 0 Å². The monoisotopic (exact) mass is 264 g/mol. The van der Waals surface area contributed by atoms with Crippen molar-refractivity contribution in [2.45, 2.75) is 25.7 Å². The van der Waals surface area contributed by atoms with Crippen LogP contribution in [0.3, 0.4) is 0 Å². The lowest BCUT2D eigenvalue weighted by Gasteiger charge is -2.17. The molecule has 0 aliphatic heterocycles. The normalized spacial score (nSPS) is 10.2. The van der Waals surface area contributed by atoms with Crippen molar-refractivity contribution >= 4 is 17.6 Å². The van der Waals surface area contributed by atoms with Crippen LogP contribution in [0.2, 0.25) is 0 Å². The van der Waals surface area contributed by atoms with E-state index in [0.29, 0.717) is 18.7 Å². The lowest BCUT2D eigenvalue weighted by atomic mass is 10.1. The Kier molecular flexibility index (Phi) is 6.02. The highest BCUT2D eigenvalue weighted by Gasteiger charge is 2.11. The van der Waals surface area contributed by atoms with Crippen LogP contribution in [0.25, 0.3) is 0 Å². The number of carbonyl (C=O) groups is 2. The average Bonchev–Trinajstić information content (AvgIpc) is 2.42. The Bertz CT molecular complexity index is 429. The predicted molar refractivity (Wildman–Crippen MR) is 74.3 cm³/mol. The number of aromatic carboxylic acids is 1. The molecule has 0 fully saturated rings. The summed E-state index contributed by atoms with van der Waals surface area (Å²) in [5, 5.41) is 8.80. The molecule has 0 unspecified atom stereocenters. The second kappa shape index (κ2) is 7.53. The van der Waals surface area contributed by atoms with Crippen molar-refractivity contribution in [3.05, 3.63) is 29.8 Å². The van der Waals surface area contributed by atoms with Crippen LogP contribution < -0.4 is 10.6 Å². The van der Waals surface area contributed by atoms with Gasteiger partial charge in [-0.2, -0.15) is 0 Å². The molecule has 0 saturated carbocycles. The van der Waals surface area contributed by atoms with E-state index in [2.05, 4.69) is 0 Å². The zero-order valence-corrected chi connectivity index (χ0v) is 11.1. The lowest BCUT2D eigenvalue weighted by molar-refractivity contribution is -0.118. The second-order valence-electron chi connectivity index (χ2n) is 4.40. The third kappa shape index (κ3) is 4.71. The van der Waals surface area contributed by atoms with Crippen LogP contribution in [-0.2, 0) is 4.79 Å². The molecule has 1 aromatic rings. The van der Waals surface area contributed by atoms with Gasteiger partial charge in [0, 0.05) is 19.2 Å². The molecule has 5 heteroatoms. The van der Waals surface area contributed by atoms with E-state index in [4.69, 9.17) is 10.8 Å². The van der Waals surface area contributed by atoms with Crippen molar-refractivity contribution in [1.29, 1.82) is 0 Å². The number of anilines is 1. The van der Waals surface area contributed by atoms with E-state index in [1.807, 2.05) is 0 Å². The summed E-state index contributed by atoms with van der Waals surface area (Å²) in [7, 11) is 1.70. The molecular weight excluding hydrogens is 244 g/mol. The number of unbranched alkanes of at least 4 members (excludes halogenated alkanes) is 2. The SMILES string of the molecule is CN(C(=O)CCCCCN)c1ccc(C(=O)O)cc1. The Balaban J connectivity index is 2.54. The van der Waals surface area contributed by atoms with Crippen molar-refractivity contribution in [2.24, 2.45) is 5.73 Å². The summed E-state index contributed by atoms with van der Waals surface area (Å²) >= 11 is 0. The number of carbonyl (C=O) groups excluding carboxylic acids is 1. The van der Waals surface area contributed by atoms with Gasteiger partial charge in [0.2, 0.25) is 5.91 Å². The van der Waals surface area contributed by atoms with Crippen LogP contribution in [0.15, 0.2) is 24.3 Å². The van der Waals surface area contributed by atoms with Crippen LogP contribution in [0.4, 0.5) is 5.69 Å². The number of rotatable bonds is 7. The molecule has 104 valence electrons. The Morgan fingerprint density at radius 1 is 1.16 bits per heavy atom. The molecule has 0 aromatic heterocycles. The Morgan fingerprint density at radius 3 is 2.32 bits per heavy atom. The zero-order valence-electron chi connectivity index (χ0n) is 11.1. The number of amides is 1. The topological polar surface area (TPSA) is 83.6 Å². The Labute approximate surface area is 113 Å². The third-order valence-corrected chi connectivity index (χ3v) is 2.97. The number of hydrogen-bond donors (Lipinski definition) is 2. The molecule has 1 aromatic carbocycles. The Hall–Kier alpha value is -1.88. The van der Waals surface area contributed by atoms with Gasteiger partial charge in [0.1, 0.15) is 0 Å². The predicted octanol–water partition coefficient (Wildman–Crippen LogP) is 1.87. The molecule has 0 aliphatic carbocycles. The van der Waals surface area contributed by atoms with Gasteiger partial charge < -0.3 is 15.7 Å². The molecule has 0 spiro atoms. The van der Waals surface area contributed by atoms with Crippen LogP contribution >= 0.6 is 0 Å². The lowest BCUT2D eigenvalue weighted by Crippen LogP contribution is -2.25. The first kappa shape index (κ1) is 15.2. The standard InChI is InChI=1S/C14H20N2O3/c1-16(13(17)5-3-2-4-10-15)12-8-6-11(7-9-12)14(18)19/h6-9H,2-5,10,15H2,1H3,(H,18,19). The van der Waals surface area contributed by atoms with Gasteiger partial charge in [-0.3, -0.25) is 4.79 Å². The maximum absolute atomic E-state index is 11.9. The third-order valence-electron chi connectivity index (χ3n) is 2.97. The van der Waals surface area contributed by atoms with E-state index in [-0.39, 0.29) is 11.5 Å². The van der Waals surface area contributed by atoms with Crippen molar-refractivity contribution < 1.29 is 14.7 Å². The summed E-state index contributed by atoms with van der Waals surface area (Å²) in [6.07, 6.45) is 3.20. The molecule has 0 saturated heterocycles. The quantitative estimate of drug-likeness (QED) is 0.736. The molecule has 19 heavy (non-hydrogen) atoms. The molecule has 1 rings (SSSR count). The first-order chi connectivity index (χ1) is 9.06. The minimum atomic E-state index is -0.970. The molecule has 0 atom stereocenters. The fourth-order valence-electron chi connectivity index (χ4n) is 1.74. The minimum Gasteiger partial charge on any atom is -0.478 e. The Morgan fingerprint density at radius 2 is 1.79 bits per heavy atom. The molecule has 0 bridgehead atoms. The van der Waals surface area contributed by atoms with E-state index >= 15 is 0 Å². The van der Waals surface area contributed by atoms with Gasteiger partial charge in [-0.1, -0.05) is 6.42 Å². The second-order valence-corrected chi connectivity index (χ2v) is 4.40. The van der Waals surface area contributed by atoms with Gasteiger partial charge in [-0.05, 0) is 43.7 Å².